The highest BCUT2D eigenvalue weighted by Crippen LogP contribution is 2.31. The van der Waals surface area contributed by atoms with Gasteiger partial charge in [0.1, 0.15) is 0 Å². The van der Waals surface area contributed by atoms with Crippen molar-refractivity contribution in [3.05, 3.63) is 111 Å². The number of benzene rings is 3. The lowest BCUT2D eigenvalue weighted by Gasteiger charge is -2.23. The van der Waals surface area contributed by atoms with Gasteiger partial charge in [0, 0.05) is 35.7 Å². The Morgan fingerprint density at radius 1 is 1.07 bits per heavy atom. The molecule has 5 rings (SSSR count). The predicted molar refractivity (Wildman–Crippen MR) is 183 cm³/mol. The third-order valence-corrected chi connectivity index (χ3v) is 8.95. The maximum atomic E-state index is 13.2. The highest BCUT2D eigenvalue weighted by atomic mass is 16.1. The molecule has 6 heteroatoms. The summed E-state index contributed by atoms with van der Waals surface area (Å²) in [6.07, 6.45) is 9.64. The number of carbonyl (C=O) groups is 1. The Hall–Kier alpha value is -4.45. The average Bonchev–Trinajstić information content (AvgIpc) is 2.99. The topological polar surface area (TPSA) is 76.0 Å². The molecule has 3 aromatic carbocycles. The number of nitrogens with zero attached hydrogens (tertiary/aromatic N) is 2. The Morgan fingerprint density at radius 2 is 1.82 bits per heavy atom. The van der Waals surface area contributed by atoms with Crippen LogP contribution in [-0.4, -0.2) is 15.5 Å². The SMILES string of the molecule is CCC1/C=C\c2cc(Nc3nc(-c4cccc(NC(=O)c5ccc(C(C)(C)C)cc5)c4C)cn(C)c3=O)ccc2CCC1C. The number of allylic oxidation sites excluding steroid dienone is 1. The molecule has 0 spiro atoms. The third kappa shape index (κ3) is 6.70. The molecule has 0 saturated heterocycles. The first-order valence-corrected chi connectivity index (χ1v) is 15.6. The van der Waals surface area contributed by atoms with E-state index in [0.29, 0.717) is 28.8 Å². The largest absolute Gasteiger partial charge is 0.336 e. The molecule has 228 valence electrons. The van der Waals surface area contributed by atoms with E-state index in [2.05, 4.69) is 69.5 Å². The van der Waals surface area contributed by atoms with Gasteiger partial charge < -0.3 is 15.2 Å². The Bertz CT molecular complexity index is 1760. The Labute approximate surface area is 261 Å². The van der Waals surface area contributed by atoms with Crippen LogP contribution in [0.15, 0.2) is 77.7 Å². The summed E-state index contributed by atoms with van der Waals surface area (Å²) < 4.78 is 1.55. The maximum absolute atomic E-state index is 13.2. The van der Waals surface area contributed by atoms with Gasteiger partial charge in [-0.2, -0.15) is 0 Å². The van der Waals surface area contributed by atoms with E-state index in [0.717, 1.165) is 36.1 Å². The van der Waals surface area contributed by atoms with E-state index < -0.39 is 0 Å². The fourth-order valence-corrected chi connectivity index (χ4v) is 5.93. The number of carbonyl (C=O) groups excluding carboxylic acids is 1. The second kappa shape index (κ2) is 12.7. The molecule has 0 radical (unpaired) electrons. The fourth-order valence-electron chi connectivity index (χ4n) is 5.93. The van der Waals surface area contributed by atoms with Crippen LogP contribution >= 0.6 is 0 Å². The van der Waals surface area contributed by atoms with Crippen LogP contribution in [0.2, 0.25) is 0 Å². The van der Waals surface area contributed by atoms with Crippen molar-refractivity contribution in [2.45, 2.75) is 66.2 Å². The van der Waals surface area contributed by atoms with Crippen LogP contribution in [-0.2, 0) is 18.9 Å². The van der Waals surface area contributed by atoms with Crippen LogP contribution in [0.25, 0.3) is 17.3 Å². The average molecular weight is 589 g/mol. The minimum atomic E-state index is -0.211. The van der Waals surface area contributed by atoms with Crippen molar-refractivity contribution in [2.75, 3.05) is 10.6 Å². The van der Waals surface area contributed by atoms with Crippen LogP contribution in [0.5, 0.6) is 0 Å². The number of rotatable bonds is 6. The van der Waals surface area contributed by atoms with Crippen LogP contribution in [0, 0.1) is 18.8 Å². The minimum Gasteiger partial charge on any atom is -0.336 e. The molecule has 4 aromatic rings. The van der Waals surface area contributed by atoms with Gasteiger partial charge in [-0.05, 0) is 96.0 Å². The number of anilines is 3. The molecule has 2 N–H and O–H groups in total. The fraction of sp³-hybridized carbons (Fsp3) is 0.342. The Balaban J connectivity index is 1.41. The van der Waals surface area contributed by atoms with E-state index in [1.54, 1.807) is 17.8 Å². The highest BCUT2D eigenvalue weighted by Gasteiger charge is 2.18. The zero-order chi connectivity index (χ0) is 31.6. The Kier molecular flexibility index (Phi) is 8.91. The van der Waals surface area contributed by atoms with E-state index in [4.69, 9.17) is 4.98 Å². The molecule has 1 aliphatic rings. The molecule has 1 amide bonds. The summed E-state index contributed by atoms with van der Waals surface area (Å²) >= 11 is 0. The normalized spacial score (nSPS) is 17.2. The first-order chi connectivity index (χ1) is 20.9. The standard InChI is InChI=1S/C38H44N4O2/c1-8-26-14-15-29-22-31(21-18-27(29)13-12-24(26)2)39-35-37(44)42(7)23-34(40-35)32-10-9-11-33(25(32)3)41-36(43)28-16-19-30(20-17-28)38(4,5)6/h9-11,14-24,26H,8,12-13H2,1-7H3,(H,39,40)(H,41,43)/b15-14-. The van der Waals surface area contributed by atoms with Crippen molar-refractivity contribution < 1.29 is 4.79 Å². The van der Waals surface area contributed by atoms with E-state index in [1.807, 2.05) is 55.5 Å². The van der Waals surface area contributed by atoms with Gasteiger partial charge in [-0.3, -0.25) is 9.59 Å². The zero-order valence-corrected chi connectivity index (χ0v) is 27.0. The number of hydrogen-bond donors (Lipinski definition) is 2. The highest BCUT2D eigenvalue weighted by molar-refractivity contribution is 6.05. The lowest BCUT2D eigenvalue weighted by molar-refractivity contribution is 0.102. The van der Waals surface area contributed by atoms with Crippen molar-refractivity contribution in [3.8, 4) is 11.3 Å². The number of nitrogens with one attached hydrogen (secondary N) is 2. The minimum absolute atomic E-state index is 0.0171. The van der Waals surface area contributed by atoms with E-state index >= 15 is 0 Å². The summed E-state index contributed by atoms with van der Waals surface area (Å²) in [6, 6.07) is 19.8. The van der Waals surface area contributed by atoms with Crippen molar-refractivity contribution >= 4 is 29.2 Å². The van der Waals surface area contributed by atoms with Gasteiger partial charge in [0.2, 0.25) is 0 Å². The van der Waals surface area contributed by atoms with Gasteiger partial charge in [0.15, 0.2) is 5.82 Å². The van der Waals surface area contributed by atoms with Gasteiger partial charge >= 0.3 is 0 Å². The lowest BCUT2D eigenvalue weighted by atomic mass is 9.83. The Morgan fingerprint density at radius 3 is 2.52 bits per heavy atom. The maximum Gasteiger partial charge on any atom is 0.293 e. The summed E-state index contributed by atoms with van der Waals surface area (Å²) in [7, 11) is 1.73. The van der Waals surface area contributed by atoms with Gasteiger partial charge in [0.25, 0.3) is 11.5 Å². The summed E-state index contributed by atoms with van der Waals surface area (Å²) in [6.45, 7) is 13.0. The van der Waals surface area contributed by atoms with Crippen LogP contribution in [0.3, 0.4) is 0 Å². The van der Waals surface area contributed by atoms with Crippen LogP contribution < -0.4 is 16.2 Å². The van der Waals surface area contributed by atoms with Gasteiger partial charge in [-0.1, -0.05) is 77.1 Å². The monoisotopic (exact) mass is 588 g/mol. The third-order valence-electron chi connectivity index (χ3n) is 8.95. The first-order valence-electron chi connectivity index (χ1n) is 15.6. The summed E-state index contributed by atoms with van der Waals surface area (Å²) in [5.41, 5.74) is 7.96. The van der Waals surface area contributed by atoms with Crippen LogP contribution in [0.1, 0.15) is 80.1 Å². The number of aromatic nitrogens is 2. The molecule has 6 nitrogen and oxygen atoms in total. The van der Waals surface area contributed by atoms with Crippen molar-refractivity contribution in [3.63, 3.8) is 0 Å². The zero-order valence-electron chi connectivity index (χ0n) is 27.0. The van der Waals surface area contributed by atoms with Crippen molar-refractivity contribution in [1.82, 2.24) is 9.55 Å². The van der Waals surface area contributed by atoms with Crippen LogP contribution in [0.4, 0.5) is 17.2 Å². The molecule has 2 unspecified atom stereocenters. The lowest BCUT2D eigenvalue weighted by Crippen LogP contribution is -2.21. The predicted octanol–water partition coefficient (Wildman–Crippen LogP) is 8.67. The summed E-state index contributed by atoms with van der Waals surface area (Å²) in [4.78, 5) is 31.1. The molecule has 0 fully saturated rings. The van der Waals surface area contributed by atoms with E-state index in [9.17, 15) is 9.59 Å². The quantitative estimate of drug-likeness (QED) is 0.236. The number of amides is 1. The molecule has 0 saturated carbocycles. The van der Waals surface area contributed by atoms with Crippen molar-refractivity contribution in [2.24, 2.45) is 18.9 Å². The second-order valence-electron chi connectivity index (χ2n) is 13.1. The van der Waals surface area contributed by atoms with Crippen molar-refractivity contribution in [1.29, 1.82) is 0 Å². The van der Waals surface area contributed by atoms with Gasteiger partial charge in [0.05, 0.1) is 5.69 Å². The molecule has 44 heavy (non-hydrogen) atoms. The second-order valence-corrected chi connectivity index (χ2v) is 13.1. The number of aryl methyl sites for hydroxylation is 2. The molecule has 1 aromatic heterocycles. The van der Waals surface area contributed by atoms with Gasteiger partial charge in [-0.25, -0.2) is 4.98 Å². The molecular formula is C38H44N4O2. The van der Waals surface area contributed by atoms with Gasteiger partial charge in [-0.15, -0.1) is 0 Å². The summed E-state index contributed by atoms with van der Waals surface area (Å²) in [5.74, 6) is 1.32. The molecule has 2 atom stereocenters. The molecule has 0 aliphatic heterocycles. The molecule has 0 bridgehead atoms. The van der Waals surface area contributed by atoms with E-state index in [1.165, 1.54) is 16.7 Å². The number of hydrogen-bond acceptors (Lipinski definition) is 4. The molecule has 1 aliphatic carbocycles. The summed E-state index contributed by atoms with van der Waals surface area (Å²) in [5, 5.41) is 6.36. The number of fused-ring (bicyclic) bond motifs is 1. The molecular weight excluding hydrogens is 544 g/mol. The molecule has 1 heterocycles. The van der Waals surface area contributed by atoms with E-state index in [-0.39, 0.29) is 22.7 Å². The first kappa shape index (κ1) is 31.0. The smallest absolute Gasteiger partial charge is 0.293 e.